The number of thioether (sulfide) groups is 1. The average Bonchev–Trinajstić information content (AvgIpc) is 2.47. The average molecular weight is 301 g/mol. The highest BCUT2D eigenvalue weighted by Crippen LogP contribution is 2.12. The zero-order valence-electron chi connectivity index (χ0n) is 12.4. The molecule has 0 radical (unpaired) electrons. The van der Waals surface area contributed by atoms with Gasteiger partial charge in [-0.25, -0.2) is 0 Å². The first-order chi connectivity index (χ1) is 9.78. The quantitative estimate of drug-likeness (QED) is 0.739. The second-order valence-corrected chi connectivity index (χ2v) is 6.76. The van der Waals surface area contributed by atoms with Crippen LogP contribution < -0.4 is 10.6 Å². The first-order valence-electron chi connectivity index (χ1n) is 7.59. The molecule has 2 aliphatic rings. The van der Waals surface area contributed by atoms with Gasteiger partial charge in [-0.05, 0) is 12.8 Å². The highest BCUT2D eigenvalue weighted by Gasteiger charge is 2.22. The molecule has 1 unspecified atom stereocenters. The van der Waals surface area contributed by atoms with Gasteiger partial charge in [0.1, 0.15) is 0 Å². The van der Waals surface area contributed by atoms with Gasteiger partial charge in [-0.15, -0.1) is 0 Å². The molecule has 0 bridgehead atoms. The summed E-state index contributed by atoms with van der Waals surface area (Å²) in [6.45, 7) is 4.95. The predicted molar refractivity (Wildman–Crippen MR) is 83.2 cm³/mol. The maximum absolute atomic E-state index is 12.0. The Kier molecular flexibility index (Phi) is 7.13. The molecule has 2 rings (SSSR count). The van der Waals surface area contributed by atoms with Gasteiger partial charge >= 0.3 is 0 Å². The van der Waals surface area contributed by atoms with Gasteiger partial charge in [0.25, 0.3) is 0 Å². The third-order valence-corrected chi connectivity index (χ3v) is 5.13. The number of carbonyl (C=O) groups excluding carboxylic acids is 1. The van der Waals surface area contributed by atoms with Gasteiger partial charge < -0.3 is 20.3 Å². The molecule has 6 heteroatoms. The summed E-state index contributed by atoms with van der Waals surface area (Å²) >= 11 is 1.94. The van der Waals surface area contributed by atoms with E-state index < -0.39 is 0 Å². The van der Waals surface area contributed by atoms with Crippen molar-refractivity contribution in [3.63, 3.8) is 0 Å². The van der Waals surface area contributed by atoms with E-state index in [1.54, 1.807) is 7.11 Å². The van der Waals surface area contributed by atoms with E-state index >= 15 is 0 Å². The maximum Gasteiger partial charge on any atom is 0.221 e. The fraction of sp³-hybridized carbons (Fsp3) is 0.929. The van der Waals surface area contributed by atoms with E-state index in [1.165, 1.54) is 0 Å². The van der Waals surface area contributed by atoms with Crippen LogP contribution >= 0.6 is 11.8 Å². The van der Waals surface area contributed by atoms with E-state index in [1.807, 2.05) is 11.8 Å². The second-order valence-electron chi connectivity index (χ2n) is 5.61. The van der Waals surface area contributed by atoms with Crippen LogP contribution in [0.2, 0.25) is 0 Å². The highest BCUT2D eigenvalue weighted by molar-refractivity contribution is 7.99. The van der Waals surface area contributed by atoms with Crippen molar-refractivity contribution in [2.75, 3.05) is 51.4 Å². The Morgan fingerprint density at radius 2 is 2.25 bits per heavy atom. The smallest absolute Gasteiger partial charge is 0.221 e. The Hall–Kier alpha value is -0.300. The molecule has 0 aromatic heterocycles. The lowest BCUT2D eigenvalue weighted by Gasteiger charge is -2.32. The Morgan fingerprint density at radius 1 is 1.45 bits per heavy atom. The number of rotatable bonds is 6. The Morgan fingerprint density at radius 3 is 2.90 bits per heavy atom. The third-order valence-electron chi connectivity index (χ3n) is 3.99. The summed E-state index contributed by atoms with van der Waals surface area (Å²) in [6.07, 6.45) is 2.74. The number of nitrogens with one attached hydrogen (secondary N) is 2. The fourth-order valence-corrected chi connectivity index (χ4v) is 3.73. The van der Waals surface area contributed by atoms with Crippen LogP contribution in [0.15, 0.2) is 0 Å². The summed E-state index contributed by atoms with van der Waals surface area (Å²) in [4.78, 5) is 14.4. The third kappa shape index (κ3) is 5.60. The number of carbonyl (C=O) groups is 1. The van der Waals surface area contributed by atoms with Crippen LogP contribution in [0.4, 0.5) is 0 Å². The normalized spacial score (nSPS) is 25.6. The van der Waals surface area contributed by atoms with Gasteiger partial charge in [0.15, 0.2) is 0 Å². The molecule has 1 atom stereocenters. The molecular formula is C14H27N3O2S. The molecule has 0 saturated carbocycles. The van der Waals surface area contributed by atoms with Gasteiger partial charge in [0.05, 0.1) is 6.61 Å². The van der Waals surface area contributed by atoms with Crippen LogP contribution in [0.3, 0.4) is 0 Å². The van der Waals surface area contributed by atoms with Crippen molar-refractivity contribution >= 4 is 17.7 Å². The maximum atomic E-state index is 12.0. The van der Waals surface area contributed by atoms with Crippen molar-refractivity contribution in [1.82, 2.24) is 15.5 Å². The predicted octanol–water partition coefficient (Wildman–Crippen LogP) is 0.309. The fourth-order valence-electron chi connectivity index (χ4n) is 2.78. The highest BCUT2D eigenvalue weighted by atomic mass is 32.2. The molecule has 2 fully saturated rings. The molecule has 20 heavy (non-hydrogen) atoms. The molecule has 2 N–H and O–H groups in total. The zero-order valence-corrected chi connectivity index (χ0v) is 13.2. The summed E-state index contributed by atoms with van der Waals surface area (Å²) < 4.78 is 5.10. The van der Waals surface area contributed by atoms with Crippen LogP contribution in [0.5, 0.6) is 0 Å². The number of nitrogens with zero attached hydrogens (tertiary/aromatic N) is 1. The summed E-state index contributed by atoms with van der Waals surface area (Å²) in [7, 11) is 1.74. The van der Waals surface area contributed by atoms with Crippen LogP contribution in [-0.4, -0.2) is 74.3 Å². The van der Waals surface area contributed by atoms with Crippen molar-refractivity contribution in [3.8, 4) is 0 Å². The lowest BCUT2D eigenvalue weighted by molar-refractivity contribution is -0.122. The first-order valence-corrected chi connectivity index (χ1v) is 8.75. The van der Waals surface area contributed by atoms with Crippen molar-refractivity contribution in [1.29, 1.82) is 0 Å². The van der Waals surface area contributed by atoms with E-state index in [2.05, 4.69) is 15.5 Å². The van der Waals surface area contributed by atoms with E-state index in [0.29, 0.717) is 18.5 Å². The number of ether oxygens (including phenoxy) is 1. The van der Waals surface area contributed by atoms with Crippen molar-refractivity contribution < 1.29 is 9.53 Å². The molecule has 2 saturated heterocycles. The van der Waals surface area contributed by atoms with Crippen molar-refractivity contribution in [3.05, 3.63) is 0 Å². The van der Waals surface area contributed by atoms with Gasteiger partial charge in [0, 0.05) is 63.3 Å². The summed E-state index contributed by atoms with van der Waals surface area (Å²) in [5.41, 5.74) is 0. The largest absolute Gasteiger partial charge is 0.383 e. The van der Waals surface area contributed by atoms with Crippen LogP contribution in [-0.2, 0) is 9.53 Å². The lowest BCUT2D eigenvalue weighted by atomic mass is 10.0. The van der Waals surface area contributed by atoms with Gasteiger partial charge in [-0.1, -0.05) is 0 Å². The van der Waals surface area contributed by atoms with E-state index in [-0.39, 0.29) is 5.91 Å². The number of hydrogen-bond acceptors (Lipinski definition) is 5. The van der Waals surface area contributed by atoms with Crippen molar-refractivity contribution in [2.24, 2.45) is 0 Å². The minimum atomic E-state index is 0.209. The molecule has 1 amide bonds. The molecule has 0 spiro atoms. The first kappa shape index (κ1) is 16.1. The molecule has 0 aromatic rings. The summed E-state index contributed by atoms with van der Waals surface area (Å²) in [5, 5.41) is 6.61. The number of likely N-dealkylation sites (tertiary alicyclic amines) is 1. The van der Waals surface area contributed by atoms with Gasteiger partial charge in [-0.3, -0.25) is 4.79 Å². The number of methoxy groups -OCH3 is 1. The molecule has 116 valence electrons. The standard InChI is InChI=1S/C14H27N3O2S/c1-19-8-7-17-5-2-12(3-6-17)16-14(18)10-13-11-20-9-4-15-13/h12-13,15H,2-11H2,1H3,(H,16,18). The second kappa shape index (κ2) is 8.87. The summed E-state index contributed by atoms with van der Waals surface area (Å²) in [5.74, 6) is 2.43. The summed E-state index contributed by atoms with van der Waals surface area (Å²) in [6, 6.07) is 0.716. The van der Waals surface area contributed by atoms with Crippen LogP contribution in [0.25, 0.3) is 0 Å². The number of amides is 1. The Bertz CT molecular complexity index is 290. The number of piperidine rings is 1. The molecule has 0 aromatic carbocycles. The molecule has 2 heterocycles. The van der Waals surface area contributed by atoms with E-state index in [0.717, 1.165) is 57.1 Å². The van der Waals surface area contributed by atoms with Gasteiger partial charge in [0.2, 0.25) is 5.91 Å². The minimum Gasteiger partial charge on any atom is -0.383 e. The van der Waals surface area contributed by atoms with E-state index in [4.69, 9.17) is 4.74 Å². The lowest BCUT2D eigenvalue weighted by Crippen LogP contribution is -2.47. The van der Waals surface area contributed by atoms with Crippen molar-refractivity contribution in [2.45, 2.75) is 31.3 Å². The molecule has 0 aliphatic carbocycles. The molecule has 2 aliphatic heterocycles. The zero-order chi connectivity index (χ0) is 14.2. The van der Waals surface area contributed by atoms with E-state index in [9.17, 15) is 4.79 Å². The SMILES string of the molecule is COCCN1CCC(NC(=O)CC2CSCCN2)CC1. The Labute approximate surface area is 126 Å². The van der Waals surface area contributed by atoms with Crippen LogP contribution in [0.1, 0.15) is 19.3 Å². The molecule has 5 nitrogen and oxygen atoms in total. The Balaban J connectivity index is 1.60. The topological polar surface area (TPSA) is 53.6 Å². The number of hydrogen-bond donors (Lipinski definition) is 2. The van der Waals surface area contributed by atoms with Crippen LogP contribution in [0, 0.1) is 0 Å². The minimum absolute atomic E-state index is 0.209. The van der Waals surface area contributed by atoms with Gasteiger partial charge in [-0.2, -0.15) is 11.8 Å². The monoisotopic (exact) mass is 301 g/mol. The molecular weight excluding hydrogens is 274 g/mol.